The number of ether oxygens (including phenoxy) is 3. The first-order valence-electron chi connectivity index (χ1n) is 40.8. The van der Waals surface area contributed by atoms with Gasteiger partial charge in [0.05, 0.1) is 26.4 Å². The lowest BCUT2D eigenvalue weighted by Gasteiger charge is -2.21. The summed E-state index contributed by atoms with van der Waals surface area (Å²) in [6.07, 6.45) is 92.6. The van der Waals surface area contributed by atoms with Gasteiger partial charge < -0.3 is 34.2 Å². The minimum absolute atomic E-state index is 0.0928. The summed E-state index contributed by atoms with van der Waals surface area (Å²) in [7, 11) is -9.79. The predicted octanol–water partition coefficient (Wildman–Crippen LogP) is 24.1. The summed E-state index contributed by atoms with van der Waals surface area (Å²) in [6, 6.07) is 0. The molecule has 0 heterocycles. The van der Waals surface area contributed by atoms with E-state index in [9.17, 15) is 43.5 Å². The average molecular weight is 1490 g/mol. The van der Waals surface area contributed by atoms with Crippen LogP contribution in [0.2, 0.25) is 0 Å². The van der Waals surface area contributed by atoms with Crippen molar-refractivity contribution < 1.29 is 75.8 Å². The molecular formula is C85H148O16P2. The lowest BCUT2D eigenvalue weighted by molar-refractivity contribution is -0.161. The third-order valence-corrected chi connectivity index (χ3v) is 19.1. The van der Waals surface area contributed by atoms with Crippen LogP contribution in [-0.2, 0) is 55.8 Å². The highest BCUT2D eigenvalue weighted by atomic mass is 31.2. The van der Waals surface area contributed by atoms with Crippen molar-refractivity contribution in [3.63, 3.8) is 0 Å². The highest BCUT2D eigenvalue weighted by Crippen LogP contribution is 2.45. The molecule has 0 aliphatic carbocycles. The molecule has 594 valence electrons. The molecular weight excluding hydrogens is 1340 g/mol. The van der Waals surface area contributed by atoms with E-state index >= 15 is 0 Å². The summed E-state index contributed by atoms with van der Waals surface area (Å²) in [5.41, 5.74) is 0. The van der Waals surface area contributed by atoms with Gasteiger partial charge >= 0.3 is 33.6 Å². The van der Waals surface area contributed by atoms with Crippen molar-refractivity contribution in [2.45, 2.75) is 360 Å². The molecule has 0 rings (SSSR count). The van der Waals surface area contributed by atoms with E-state index in [1.165, 1.54) is 122 Å². The first kappa shape index (κ1) is 98.9. The molecule has 5 unspecified atom stereocenters. The van der Waals surface area contributed by atoms with Gasteiger partial charge in [0.15, 0.2) is 6.10 Å². The van der Waals surface area contributed by atoms with Gasteiger partial charge in [-0.2, -0.15) is 0 Å². The Kier molecular flexibility index (Phi) is 74.5. The summed E-state index contributed by atoms with van der Waals surface area (Å²) >= 11 is 0. The third-order valence-electron chi connectivity index (χ3n) is 17.2. The van der Waals surface area contributed by atoms with Crippen molar-refractivity contribution in [2.24, 2.45) is 0 Å². The lowest BCUT2D eigenvalue weighted by Crippen LogP contribution is -2.30. The molecule has 0 aliphatic heterocycles. The molecule has 0 aromatic rings. The van der Waals surface area contributed by atoms with Crippen LogP contribution in [0, 0.1) is 0 Å². The van der Waals surface area contributed by atoms with Gasteiger partial charge in [-0.15, -0.1) is 0 Å². The smallest absolute Gasteiger partial charge is 0.463 e. The Hall–Kier alpha value is -4.05. The number of allylic oxidation sites excluding steroid dienone is 20. The van der Waals surface area contributed by atoms with Crippen LogP contribution < -0.4 is 0 Å². The Balaban J connectivity index is 4.39. The molecule has 5 atom stereocenters. The average Bonchev–Trinajstić information content (AvgIpc) is 0.915. The number of rotatable bonds is 77. The maximum Gasteiger partial charge on any atom is 0.472 e. The Morgan fingerprint density at radius 2 is 0.515 bits per heavy atom. The van der Waals surface area contributed by atoms with Crippen LogP contribution in [0.3, 0.4) is 0 Å². The number of esters is 3. The molecule has 0 bridgehead atoms. The SMILES string of the molecule is CC/C=C\C/C=C\C/C=C\C/C=C\C/C=C\C/C=C\CCCCCCCCCCCCCCCCCCC(=O)OCC(O)COP(=O)(O)OCC(O)COP(=O)(O)OCC(COC(=O)CCCCCCCCC/C=C\C/C=C\C/C=C\CC)OC(=O)CCCCCCC/C=C\CCCCCCCC. The predicted molar refractivity (Wildman–Crippen MR) is 427 cm³/mol. The zero-order chi connectivity index (χ0) is 75.2. The number of carbonyl (C=O) groups excluding carboxylic acids is 3. The third kappa shape index (κ3) is 78.8. The highest BCUT2D eigenvalue weighted by Gasteiger charge is 2.29. The van der Waals surface area contributed by atoms with Crippen molar-refractivity contribution in [3.8, 4) is 0 Å². The second-order valence-electron chi connectivity index (χ2n) is 27.2. The molecule has 16 nitrogen and oxygen atoms in total. The molecule has 0 amide bonds. The van der Waals surface area contributed by atoms with E-state index in [1.54, 1.807) is 0 Å². The van der Waals surface area contributed by atoms with E-state index in [4.69, 9.17) is 32.3 Å². The largest absolute Gasteiger partial charge is 0.472 e. The van der Waals surface area contributed by atoms with Gasteiger partial charge in [-0.1, -0.05) is 316 Å². The van der Waals surface area contributed by atoms with Gasteiger partial charge in [-0.25, -0.2) is 9.13 Å². The summed E-state index contributed by atoms with van der Waals surface area (Å²) in [5.74, 6) is -1.59. The summed E-state index contributed by atoms with van der Waals surface area (Å²) in [4.78, 5) is 58.6. The summed E-state index contributed by atoms with van der Waals surface area (Å²) in [6.45, 7) is 2.46. The molecule has 0 spiro atoms. The second kappa shape index (κ2) is 77.6. The van der Waals surface area contributed by atoms with Gasteiger partial charge in [0.1, 0.15) is 25.4 Å². The monoisotopic (exact) mass is 1490 g/mol. The Labute approximate surface area is 627 Å². The summed E-state index contributed by atoms with van der Waals surface area (Å²) in [5, 5.41) is 20.6. The Morgan fingerprint density at radius 3 is 0.825 bits per heavy atom. The van der Waals surface area contributed by atoms with Crippen LogP contribution in [0.4, 0.5) is 0 Å². The molecule has 0 saturated carbocycles. The molecule has 0 fully saturated rings. The van der Waals surface area contributed by atoms with Crippen LogP contribution in [0.5, 0.6) is 0 Å². The maximum absolute atomic E-state index is 13.0. The fourth-order valence-corrected chi connectivity index (χ4v) is 12.6. The number of phosphoric acid groups is 2. The molecule has 4 N–H and O–H groups in total. The van der Waals surface area contributed by atoms with Crippen molar-refractivity contribution in [1.29, 1.82) is 0 Å². The van der Waals surface area contributed by atoms with Crippen molar-refractivity contribution in [2.75, 3.05) is 39.6 Å². The number of aliphatic hydroxyl groups excluding tert-OH is 2. The van der Waals surface area contributed by atoms with Gasteiger partial charge in [0.25, 0.3) is 0 Å². The lowest BCUT2D eigenvalue weighted by atomic mass is 10.0. The number of phosphoric ester groups is 2. The minimum atomic E-state index is -4.93. The van der Waals surface area contributed by atoms with Crippen LogP contribution in [0.25, 0.3) is 0 Å². The van der Waals surface area contributed by atoms with E-state index in [0.717, 1.165) is 161 Å². The van der Waals surface area contributed by atoms with Gasteiger partial charge in [-0.05, 0) is 128 Å². The minimum Gasteiger partial charge on any atom is -0.463 e. The van der Waals surface area contributed by atoms with Crippen molar-refractivity contribution >= 4 is 33.6 Å². The molecule has 0 radical (unpaired) electrons. The van der Waals surface area contributed by atoms with E-state index < -0.39 is 91.5 Å². The van der Waals surface area contributed by atoms with E-state index in [2.05, 4.69) is 142 Å². The molecule has 0 aromatic heterocycles. The standard InChI is InChI=1S/C85H148O16P2/c1-4-7-10-13-16-19-22-25-28-30-31-32-33-34-35-36-37-38-39-40-41-42-43-44-45-46-47-49-52-53-56-59-62-65-68-71-83(88)95-74-80(86)75-97-102(91,92)98-76-81(87)77-99-103(93,94)100-79-82(101-85(90)73-70-67-64-61-58-55-50-27-24-21-18-15-12-9-6-3)78-96-84(89)72-69-66-63-60-57-54-51-48-29-26-23-20-17-14-11-8-5-2/h7-8,10-11,16-17,19-20,25-29,31-32,34-35,37-38,50,80-82,86-87H,4-6,9,12-15,18,21-24,30,33,36,39-49,51-79H2,1-3H3,(H,91,92)(H,93,94)/b10-7-,11-8-,19-16-,20-17-,28-25-,29-26-,32-31-,35-34-,38-37-,50-27-. The molecule has 0 aromatic carbocycles. The molecule has 103 heavy (non-hydrogen) atoms. The first-order chi connectivity index (χ1) is 50.2. The maximum atomic E-state index is 13.0. The molecule has 0 saturated heterocycles. The fraction of sp³-hybridized carbons (Fsp3) is 0.729. The number of aliphatic hydroxyl groups is 2. The second-order valence-corrected chi connectivity index (χ2v) is 30.1. The first-order valence-corrected chi connectivity index (χ1v) is 43.8. The fourth-order valence-electron chi connectivity index (χ4n) is 11.0. The molecule has 0 aliphatic rings. The number of unbranched alkanes of at least 4 members (excludes halogenated alkanes) is 34. The van der Waals surface area contributed by atoms with Crippen LogP contribution in [0.15, 0.2) is 122 Å². The summed E-state index contributed by atoms with van der Waals surface area (Å²) < 4.78 is 61.1. The van der Waals surface area contributed by atoms with Gasteiger partial charge in [0, 0.05) is 19.3 Å². The van der Waals surface area contributed by atoms with Gasteiger partial charge in [0.2, 0.25) is 0 Å². The normalized spacial score (nSPS) is 14.6. The van der Waals surface area contributed by atoms with E-state index in [0.29, 0.717) is 19.3 Å². The van der Waals surface area contributed by atoms with Crippen LogP contribution in [0.1, 0.15) is 342 Å². The van der Waals surface area contributed by atoms with Crippen LogP contribution >= 0.6 is 15.6 Å². The van der Waals surface area contributed by atoms with Gasteiger partial charge in [-0.3, -0.25) is 32.5 Å². The highest BCUT2D eigenvalue weighted by molar-refractivity contribution is 7.47. The van der Waals surface area contributed by atoms with E-state index in [1.807, 2.05) is 0 Å². The zero-order valence-electron chi connectivity index (χ0n) is 65.0. The van der Waals surface area contributed by atoms with Crippen molar-refractivity contribution in [3.05, 3.63) is 122 Å². The number of hydrogen-bond acceptors (Lipinski definition) is 14. The topological polar surface area (TPSA) is 231 Å². The zero-order valence-corrected chi connectivity index (χ0v) is 66.7. The quantitative estimate of drug-likeness (QED) is 0.0146. The van der Waals surface area contributed by atoms with E-state index in [-0.39, 0.29) is 19.3 Å². The van der Waals surface area contributed by atoms with Crippen LogP contribution in [-0.4, -0.2) is 95.9 Å². The Bertz CT molecular complexity index is 2360. The number of hydrogen-bond donors (Lipinski definition) is 4. The number of carbonyl (C=O) groups is 3. The molecule has 18 heteroatoms. The van der Waals surface area contributed by atoms with Crippen molar-refractivity contribution in [1.82, 2.24) is 0 Å². The Morgan fingerprint density at radius 1 is 0.282 bits per heavy atom.